The predicted octanol–water partition coefficient (Wildman–Crippen LogP) is 2.33. The van der Waals surface area contributed by atoms with Crippen molar-refractivity contribution in [3.8, 4) is 11.5 Å². The van der Waals surface area contributed by atoms with Crippen molar-refractivity contribution in [3.63, 3.8) is 0 Å². The molecule has 1 atom stereocenters. The first kappa shape index (κ1) is 15.8. The van der Waals surface area contributed by atoms with Gasteiger partial charge in [0.2, 0.25) is 11.7 Å². The molecule has 1 N–H and O–H groups in total. The minimum absolute atomic E-state index is 0.161. The minimum Gasteiger partial charge on any atom is -0.461 e. The van der Waals surface area contributed by atoms with Gasteiger partial charge in [-0.15, -0.1) is 0 Å². The monoisotopic (exact) mass is 302 g/mol. The SMILES string of the molecule is CC(=O)OC(C)CNC(=O)c1oc(-c2ccccc2)nc1C. The third-order valence-electron chi connectivity index (χ3n) is 2.94. The highest BCUT2D eigenvalue weighted by molar-refractivity contribution is 5.92. The van der Waals surface area contributed by atoms with Gasteiger partial charge in [-0.3, -0.25) is 9.59 Å². The molecule has 1 heterocycles. The number of hydrogen-bond donors (Lipinski definition) is 1. The summed E-state index contributed by atoms with van der Waals surface area (Å²) >= 11 is 0. The number of aromatic nitrogens is 1. The molecule has 0 aliphatic carbocycles. The largest absolute Gasteiger partial charge is 0.461 e. The molecule has 22 heavy (non-hydrogen) atoms. The maximum atomic E-state index is 12.1. The normalized spacial score (nSPS) is 11.8. The number of aryl methyl sites for hydroxylation is 1. The van der Waals surface area contributed by atoms with E-state index in [1.54, 1.807) is 13.8 Å². The summed E-state index contributed by atoms with van der Waals surface area (Å²) in [5.41, 5.74) is 1.31. The summed E-state index contributed by atoms with van der Waals surface area (Å²) in [4.78, 5) is 27.2. The maximum Gasteiger partial charge on any atom is 0.302 e. The maximum absolute atomic E-state index is 12.1. The Labute approximate surface area is 128 Å². The smallest absolute Gasteiger partial charge is 0.302 e. The van der Waals surface area contributed by atoms with Crippen LogP contribution in [0.3, 0.4) is 0 Å². The molecule has 6 nitrogen and oxygen atoms in total. The molecular formula is C16H18N2O4. The van der Waals surface area contributed by atoms with Crippen molar-refractivity contribution in [1.82, 2.24) is 10.3 Å². The van der Waals surface area contributed by atoms with Gasteiger partial charge in [-0.05, 0) is 26.0 Å². The number of oxazole rings is 1. The number of rotatable bonds is 5. The first-order chi connectivity index (χ1) is 10.5. The van der Waals surface area contributed by atoms with E-state index in [9.17, 15) is 9.59 Å². The minimum atomic E-state index is -0.404. The Bertz CT molecular complexity index is 664. The number of esters is 1. The summed E-state index contributed by atoms with van der Waals surface area (Å²) < 4.78 is 10.5. The molecule has 0 saturated heterocycles. The number of carbonyl (C=O) groups is 2. The Morgan fingerprint density at radius 2 is 2.00 bits per heavy atom. The molecular weight excluding hydrogens is 284 g/mol. The number of carbonyl (C=O) groups excluding carboxylic acids is 2. The van der Waals surface area contributed by atoms with Crippen molar-refractivity contribution < 1.29 is 18.7 Å². The van der Waals surface area contributed by atoms with E-state index < -0.39 is 6.10 Å². The quantitative estimate of drug-likeness (QED) is 0.857. The third-order valence-corrected chi connectivity index (χ3v) is 2.94. The fraction of sp³-hybridized carbons (Fsp3) is 0.312. The topological polar surface area (TPSA) is 81.4 Å². The number of amides is 1. The van der Waals surface area contributed by atoms with E-state index in [-0.39, 0.29) is 24.2 Å². The van der Waals surface area contributed by atoms with E-state index >= 15 is 0 Å². The second-order valence-electron chi connectivity index (χ2n) is 4.93. The van der Waals surface area contributed by atoms with Crippen LogP contribution in [-0.4, -0.2) is 29.5 Å². The van der Waals surface area contributed by atoms with Crippen LogP contribution in [0.1, 0.15) is 30.1 Å². The van der Waals surface area contributed by atoms with Crippen molar-refractivity contribution in [1.29, 1.82) is 0 Å². The molecule has 2 aromatic rings. The average Bonchev–Trinajstić information content (AvgIpc) is 2.87. The highest BCUT2D eigenvalue weighted by Gasteiger charge is 2.19. The first-order valence-corrected chi connectivity index (χ1v) is 6.95. The molecule has 116 valence electrons. The van der Waals surface area contributed by atoms with Crippen LogP contribution in [0, 0.1) is 6.92 Å². The van der Waals surface area contributed by atoms with Crippen molar-refractivity contribution in [2.75, 3.05) is 6.54 Å². The van der Waals surface area contributed by atoms with Crippen molar-refractivity contribution in [2.45, 2.75) is 26.9 Å². The van der Waals surface area contributed by atoms with E-state index in [2.05, 4.69) is 10.3 Å². The molecule has 0 radical (unpaired) electrons. The zero-order valence-electron chi connectivity index (χ0n) is 12.8. The Morgan fingerprint density at radius 1 is 1.32 bits per heavy atom. The standard InChI is InChI=1S/C16H18N2O4/c1-10(21-12(3)19)9-17-15(20)14-11(2)18-16(22-14)13-7-5-4-6-8-13/h4-8,10H,9H2,1-3H3,(H,17,20). The van der Waals surface area contributed by atoms with E-state index in [1.807, 2.05) is 30.3 Å². The lowest BCUT2D eigenvalue weighted by Crippen LogP contribution is -2.33. The molecule has 6 heteroatoms. The Morgan fingerprint density at radius 3 is 2.64 bits per heavy atom. The molecule has 0 aliphatic rings. The lowest BCUT2D eigenvalue weighted by atomic mass is 10.2. The molecule has 1 aromatic heterocycles. The van der Waals surface area contributed by atoms with Gasteiger partial charge in [0, 0.05) is 12.5 Å². The average molecular weight is 302 g/mol. The van der Waals surface area contributed by atoms with Gasteiger partial charge in [-0.1, -0.05) is 18.2 Å². The summed E-state index contributed by atoms with van der Waals surface area (Å²) in [7, 11) is 0. The van der Waals surface area contributed by atoms with Crippen LogP contribution >= 0.6 is 0 Å². The molecule has 0 aliphatic heterocycles. The van der Waals surface area contributed by atoms with Gasteiger partial charge in [0.05, 0.1) is 12.2 Å². The number of benzene rings is 1. The van der Waals surface area contributed by atoms with Gasteiger partial charge in [0.15, 0.2) is 0 Å². The van der Waals surface area contributed by atoms with E-state index in [4.69, 9.17) is 9.15 Å². The van der Waals surface area contributed by atoms with E-state index in [0.29, 0.717) is 11.6 Å². The van der Waals surface area contributed by atoms with Gasteiger partial charge in [-0.25, -0.2) is 4.98 Å². The van der Waals surface area contributed by atoms with Crippen LogP contribution in [0.5, 0.6) is 0 Å². The lowest BCUT2D eigenvalue weighted by Gasteiger charge is -2.11. The summed E-state index contributed by atoms with van der Waals surface area (Å²) in [5, 5.41) is 2.66. The highest BCUT2D eigenvalue weighted by atomic mass is 16.5. The molecule has 0 spiro atoms. The second kappa shape index (κ2) is 6.89. The molecule has 1 aromatic carbocycles. The highest BCUT2D eigenvalue weighted by Crippen LogP contribution is 2.21. The molecule has 0 bridgehead atoms. The number of ether oxygens (including phenoxy) is 1. The van der Waals surface area contributed by atoms with Gasteiger partial charge in [-0.2, -0.15) is 0 Å². The summed E-state index contributed by atoms with van der Waals surface area (Å²) in [5.74, 6) is -0.208. The number of nitrogens with zero attached hydrogens (tertiary/aromatic N) is 1. The summed E-state index contributed by atoms with van der Waals surface area (Å²) in [6.45, 7) is 4.94. The van der Waals surface area contributed by atoms with E-state index in [0.717, 1.165) is 5.56 Å². The Balaban J connectivity index is 2.05. The Kier molecular flexibility index (Phi) is 4.93. The third kappa shape index (κ3) is 3.94. The molecule has 1 unspecified atom stereocenters. The lowest BCUT2D eigenvalue weighted by molar-refractivity contribution is -0.145. The second-order valence-corrected chi connectivity index (χ2v) is 4.93. The van der Waals surface area contributed by atoms with Crippen LogP contribution in [0.15, 0.2) is 34.7 Å². The van der Waals surface area contributed by atoms with E-state index in [1.165, 1.54) is 6.92 Å². The van der Waals surface area contributed by atoms with Crippen LogP contribution in [0.25, 0.3) is 11.5 Å². The summed E-state index contributed by atoms with van der Waals surface area (Å²) in [6.07, 6.45) is -0.404. The zero-order valence-corrected chi connectivity index (χ0v) is 12.8. The first-order valence-electron chi connectivity index (χ1n) is 6.95. The molecule has 2 rings (SSSR count). The Hall–Kier alpha value is -2.63. The van der Waals surface area contributed by atoms with Gasteiger partial charge >= 0.3 is 5.97 Å². The van der Waals surface area contributed by atoms with Gasteiger partial charge in [0.1, 0.15) is 6.10 Å². The molecule has 0 fully saturated rings. The number of hydrogen-bond acceptors (Lipinski definition) is 5. The van der Waals surface area contributed by atoms with Crippen molar-refractivity contribution in [2.24, 2.45) is 0 Å². The summed E-state index contributed by atoms with van der Waals surface area (Å²) in [6, 6.07) is 9.35. The zero-order chi connectivity index (χ0) is 16.1. The van der Waals surface area contributed by atoms with Crippen LogP contribution in [0.2, 0.25) is 0 Å². The van der Waals surface area contributed by atoms with Crippen LogP contribution < -0.4 is 5.32 Å². The van der Waals surface area contributed by atoms with Crippen LogP contribution in [0.4, 0.5) is 0 Å². The fourth-order valence-corrected chi connectivity index (χ4v) is 1.95. The van der Waals surface area contributed by atoms with Gasteiger partial charge in [0.25, 0.3) is 5.91 Å². The molecule has 0 saturated carbocycles. The van der Waals surface area contributed by atoms with Gasteiger partial charge < -0.3 is 14.5 Å². The molecule has 1 amide bonds. The van der Waals surface area contributed by atoms with Crippen molar-refractivity contribution >= 4 is 11.9 Å². The fourth-order valence-electron chi connectivity index (χ4n) is 1.95. The number of nitrogens with one attached hydrogen (secondary N) is 1. The van der Waals surface area contributed by atoms with Crippen LogP contribution in [-0.2, 0) is 9.53 Å². The predicted molar refractivity (Wildman–Crippen MR) is 80.2 cm³/mol. The van der Waals surface area contributed by atoms with Crippen molar-refractivity contribution in [3.05, 3.63) is 41.8 Å².